The molecule has 1 heterocycles. The van der Waals surface area contributed by atoms with Crippen LogP contribution in [0.3, 0.4) is 0 Å². The lowest BCUT2D eigenvalue weighted by Crippen LogP contribution is -2.19. The van der Waals surface area contributed by atoms with Crippen LogP contribution in [0.4, 0.5) is 10.1 Å². The Hall–Kier alpha value is -2.77. The molecule has 7 nitrogen and oxygen atoms in total. The summed E-state index contributed by atoms with van der Waals surface area (Å²) in [5.74, 6) is -2.31. The number of benzene rings is 1. The third-order valence-electron chi connectivity index (χ3n) is 2.46. The molecule has 0 aliphatic carbocycles. The molecule has 0 spiro atoms. The van der Waals surface area contributed by atoms with Gasteiger partial charge in [-0.3, -0.25) is 4.79 Å². The van der Waals surface area contributed by atoms with Crippen LogP contribution in [-0.2, 0) is 11.3 Å². The number of carbonyl (C=O) groups excluding carboxylic acids is 1. The number of nitrogens with zero attached hydrogens (tertiary/aromatic N) is 3. The van der Waals surface area contributed by atoms with Crippen LogP contribution in [0.1, 0.15) is 16.1 Å². The Labute approximate surface area is 113 Å². The number of carboxylic acid groups (broad SMARTS) is 1. The number of amides is 1. The second-order valence-electron chi connectivity index (χ2n) is 4.14. The van der Waals surface area contributed by atoms with Gasteiger partial charge in [-0.25, -0.2) is 13.9 Å². The Morgan fingerprint density at radius 1 is 1.45 bits per heavy atom. The van der Waals surface area contributed by atoms with Crippen molar-refractivity contribution < 1.29 is 19.1 Å². The minimum absolute atomic E-state index is 0.0635. The fourth-order valence-corrected chi connectivity index (χ4v) is 1.55. The zero-order valence-electron chi connectivity index (χ0n) is 10.5. The molecule has 1 amide bonds. The third kappa shape index (κ3) is 3.16. The van der Waals surface area contributed by atoms with Crippen LogP contribution in [-0.4, -0.2) is 32.0 Å². The standard InChI is InChI=1S/C12H11FN4O3/c1-7-2-3-8(13)9(4-7)14-11(18)6-17-5-10(12(19)20)15-16-17/h2-5H,6H2,1H3,(H,14,18)(H,19,20). The predicted octanol–water partition coefficient (Wildman–Crippen LogP) is 1.06. The molecule has 0 saturated carbocycles. The Morgan fingerprint density at radius 3 is 2.85 bits per heavy atom. The van der Waals surface area contributed by atoms with E-state index in [2.05, 4.69) is 15.6 Å². The summed E-state index contributed by atoms with van der Waals surface area (Å²) in [4.78, 5) is 22.3. The molecule has 0 bridgehead atoms. The SMILES string of the molecule is Cc1ccc(F)c(NC(=O)Cn2cc(C(=O)O)nn2)c1. The molecule has 2 N–H and O–H groups in total. The summed E-state index contributed by atoms with van der Waals surface area (Å²) in [5.41, 5.74) is 0.601. The van der Waals surface area contributed by atoms with Crippen LogP contribution < -0.4 is 5.32 Å². The van der Waals surface area contributed by atoms with E-state index in [4.69, 9.17) is 5.11 Å². The van der Waals surface area contributed by atoms with Gasteiger partial charge in [-0.1, -0.05) is 11.3 Å². The normalized spacial score (nSPS) is 10.3. The minimum atomic E-state index is -1.23. The van der Waals surface area contributed by atoms with Gasteiger partial charge in [0.2, 0.25) is 5.91 Å². The quantitative estimate of drug-likeness (QED) is 0.871. The van der Waals surface area contributed by atoms with Crippen LogP contribution >= 0.6 is 0 Å². The highest BCUT2D eigenvalue weighted by molar-refractivity contribution is 5.91. The van der Waals surface area contributed by atoms with Gasteiger partial charge in [-0.05, 0) is 24.6 Å². The summed E-state index contributed by atoms with van der Waals surface area (Å²) in [6.07, 6.45) is 1.12. The zero-order chi connectivity index (χ0) is 14.7. The second kappa shape index (κ2) is 5.47. The summed E-state index contributed by atoms with van der Waals surface area (Å²) in [5, 5.41) is 17.9. The van der Waals surface area contributed by atoms with E-state index in [1.165, 1.54) is 12.1 Å². The summed E-state index contributed by atoms with van der Waals surface area (Å²) in [6.45, 7) is 1.51. The number of aryl methyl sites for hydroxylation is 1. The van der Waals surface area contributed by atoms with Gasteiger partial charge in [0.15, 0.2) is 5.69 Å². The number of aromatic carboxylic acids is 1. The van der Waals surface area contributed by atoms with E-state index >= 15 is 0 Å². The lowest BCUT2D eigenvalue weighted by molar-refractivity contribution is -0.117. The molecule has 0 fully saturated rings. The summed E-state index contributed by atoms with van der Waals surface area (Å²) >= 11 is 0. The number of carboxylic acids is 1. The molecule has 104 valence electrons. The first-order chi connectivity index (χ1) is 9.45. The number of aromatic nitrogens is 3. The van der Waals surface area contributed by atoms with Crippen molar-refractivity contribution in [3.63, 3.8) is 0 Å². The van der Waals surface area contributed by atoms with Gasteiger partial charge >= 0.3 is 5.97 Å². The molecule has 20 heavy (non-hydrogen) atoms. The average Bonchev–Trinajstić information content (AvgIpc) is 2.82. The molecule has 0 aliphatic rings. The molecule has 0 radical (unpaired) electrons. The molecule has 2 aromatic rings. The number of hydrogen-bond acceptors (Lipinski definition) is 4. The first kappa shape index (κ1) is 13.7. The molecule has 1 aromatic carbocycles. The van der Waals surface area contributed by atoms with E-state index < -0.39 is 17.7 Å². The van der Waals surface area contributed by atoms with Gasteiger partial charge in [-0.2, -0.15) is 0 Å². The number of anilines is 1. The van der Waals surface area contributed by atoms with Crippen LogP contribution in [0, 0.1) is 12.7 Å². The molecule has 0 aliphatic heterocycles. The van der Waals surface area contributed by atoms with E-state index in [9.17, 15) is 14.0 Å². The third-order valence-corrected chi connectivity index (χ3v) is 2.46. The Bertz CT molecular complexity index is 668. The van der Waals surface area contributed by atoms with Crippen LogP contribution in [0.2, 0.25) is 0 Å². The van der Waals surface area contributed by atoms with Gasteiger partial charge < -0.3 is 10.4 Å². The smallest absolute Gasteiger partial charge is 0.358 e. The second-order valence-corrected chi connectivity index (χ2v) is 4.14. The van der Waals surface area contributed by atoms with Gasteiger partial charge in [0.25, 0.3) is 0 Å². The number of nitrogens with one attached hydrogen (secondary N) is 1. The fourth-order valence-electron chi connectivity index (χ4n) is 1.55. The molecule has 0 atom stereocenters. The highest BCUT2D eigenvalue weighted by atomic mass is 19.1. The highest BCUT2D eigenvalue weighted by Gasteiger charge is 2.12. The summed E-state index contributed by atoms with van der Waals surface area (Å²) in [6, 6.07) is 4.34. The van der Waals surface area contributed by atoms with E-state index in [0.717, 1.165) is 16.4 Å². The maximum Gasteiger partial charge on any atom is 0.358 e. The number of halogens is 1. The predicted molar refractivity (Wildman–Crippen MR) is 66.7 cm³/mol. The van der Waals surface area contributed by atoms with Gasteiger partial charge in [0.05, 0.1) is 11.9 Å². The van der Waals surface area contributed by atoms with Gasteiger partial charge in [0, 0.05) is 0 Å². The molecule has 0 saturated heterocycles. The van der Waals surface area contributed by atoms with Gasteiger partial charge in [0.1, 0.15) is 12.4 Å². The van der Waals surface area contributed by atoms with Crippen molar-refractivity contribution in [1.82, 2.24) is 15.0 Å². The monoisotopic (exact) mass is 278 g/mol. The molecule has 2 rings (SSSR count). The van der Waals surface area contributed by atoms with Crippen LogP contribution in [0.5, 0.6) is 0 Å². The zero-order valence-corrected chi connectivity index (χ0v) is 10.5. The Morgan fingerprint density at radius 2 is 2.20 bits per heavy atom. The van der Waals surface area contributed by atoms with Crippen molar-refractivity contribution in [2.45, 2.75) is 13.5 Å². The minimum Gasteiger partial charge on any atom is -0.476 e. The molecule has 8 heteroatoms. The lowest BCUT2D eigenvalue weighted by atomic mass is 10.2. The van der Waals surface area contributed by atoms with Gasteiger partial charge in [-0.15, -0.1) is 5.10 Å². The van der Waals surface area contributed by atoms with Crippen LogP contribution in [0.15, 0.2) is 24.4 Å². The highest BCUT2D eigenvalue weighted by Crippen LogP contribution is 2.15. The molecular weight excluding hydrogens is 267 g/mol. The largest absolute Gasteiger partial charge is 0.476 e. The first-order valence-corrected chi connectivity index (χ1v) is 5.65. The van der Waals surface area contributed by atoms with Crippen molar-refractivity contribution in [3.8, 4) is 0 Å². The van der Waals surface area contributed by atoms with Crippen molar-refractivity contribution in [2.75, 3.05) is 5.32 Å². The Balaban J connectivity index is 2.05. The number of rotatable bonds is 4. The molecule has 0 unspecified atom stereocenters. The van der Waals surface area contributed by atoms with Crippen molar-refractivity contribution in [3.05, 3.63) is 41.5 Å². The van der Waals surface area contributed by atoms with E-state index in [1.807, 2.05) is 0 Å². The fraction of sp³-hybridized carbons (Fsp3) is 0.167. The maximum atomic E-state index is 13.5. The van der Waals surface area contributed by atoms with E-state index in [1.54, 1.807) is 13.0 Å². The Kier molecular flexibility index (Phi) is 3.74. The first-order valence-electron chi connectivity index (χ1n) is 5.65. The van der Waals surface area contributed by atoms with Crippen molar-refractivity contribution in [2.24, 2.45) is 0 Å². The number of carbonyl (C=O) groups is 2. The van der Waals surface area contributed by atoms with Crippen molar-refractivity contribution >= 4 is 17.6 Å². The maximum absolute atomic E-state index is 13.5. The molecule has 1 aromatic heterocycles. The number of hydrogen-bond donors (Lipinski definition) is 2. The van der Waals surface area contributed by atoms with Crippen molar-refractivity contribution in [1.29, 1.82) is 0 Å². The summed E-state index contributed by atoms with van der Waals surface area (Å²) < 4.78 is 14.5. The van der Waals surface area contributed by atoms with Crippen LogP contribution in [0.25, 0.3) is 0 Å². The topological polar surface area (TPSA) is 97.1 Å². The average molecular weight is 278 g/mol. The summed E-state index contributed by atoms with van der Waals surface area (Å²) in [7, 11) is 0. The molecular formula is C12H11FN4O3. The van der Waals surface area contributed by atoms with E-state index in [0.29, 0.717) is 0 Å². The lowest BCUT2D eigenvalue weighted by Gasteiger charge is -2.07. The van der Waals surface area contributed by atoms with E-state index in [-0.39, 0.29) is 17.9 Å².